The summed E-state index contributed by atoms with van der Waals surface area (Å²) in [7, 11) is 0. The number of rotatable bonds is 1. The Morgan fingerprint density at radius 1 is 0.826 bits per heavy atom. The van der Waals surface area contributed by atoms with E-state index in [9.17, 15) is 0 Å². The normalized spacial score (nSPS) is 6.13. The Morgan fingerprint density at radius 3 is 1.74 bits per heavy atom. The predicted octanol–water partition coefficient (Wildman–Crippen LogP) is 7.72. The molecule has 0 unspecified atom stereocenters. The topological polar surface area (TPSA) is 12.9 Å². The molecular weight excluding hydrogens is 461 g/mol. The molecular formula is C21H40NPt-3. The van der Waals surface area contributed by atoms with Crippen LogP contribution in [0.1, 0.15) is 55.5 Å². The summed E-state index contributed by atoms with van der Waals surface area (Å²) in [6, 6.07) is 15.1. The van der Waals surface area contributed by atoms with Crippen molar-refractivity contribution >= 4 is 0 Å². The van der Waals surface area contributed by atoms with Gasteiger partial charge in [0.2, 0.25) is 0 Å². The summed E-state index contributed by atoms with van der Waals surface area (Å²) in [5.41, 5.74) is 3.26. The van der Waals surface area contributed by atoms with Gasteiger partial charge in [-0.05, 0) is 18.7 Å². The molecule has 0 fully saturated rings. The van der Waals surface area contributed by atoms with Crippen LogP contribution < -0.4 is 0 Å². The summed E-state index contributed by atoms with van der Waals surface area (Å²) >= 11 is 0. The molecule has 0 radical (unpaired) electrons. The summed E-state index contributed by atoms with van der Waals surface area (Å²) < 4.78 is 0. The zero-order chi connectivity index (χ0) is 13.1. The van der Waals surface area contributed by atoms with Crippen LogP contribution in [0.25, 0.3) is 11.3 Å². The van der Waals surface area contributed by atoms with E-state index in [-0.39, 0.29) is 58.2 Å². The molecule has 1 heterocycles. The second-order valence-corrected chi connectivity index (χ2v) is 2.95. The van der Waals surface area contributed by atoms with Crippen molar-refractivity contribution in [2.45, 2.75) is 56.9 Å². The molecule has 1 aromatic carbocycles. The van der Waals surface area contributed by atoms with Crippen molar-refractivity contribution in [1.29, 1.82) is 0 Å². The minimum Gasteiger partial charge on any atom is -0.358 e. The van der Waals surface area contributed by atoms with Gasteiger partial charge in [0.1, 0.15) is 0 Å². The molecule has 0 saturated heterocycles. The van der Waals surface area contributed by atoms with Gasteiger partial charge in [0.15, 0.2) is 0 Å². The van der Waals surface area contributed by atoms with E-state index >= 15 is 0 Å². The Bertz CT molecular complexity index is 400. The van der Waals surface area contributed by atoms with Crippen LogP contribution in [-0.4, -0.2) is 4.98 Å². The Morgan fingerprint density at radius 2 is 1.35 bits per heavy atom. The molecule has 0 spiro atoms. The molecule has 23 heavy (non-hydrogen) atoms. The van der Waals surface area contributed by atoms with E-state index in [2.05, 4.69) is 24.0 Å². The second kappa shape index (κ2) is 29.1. The number of aryl methyl sites for hydroxylation is 1. The Kier molecular flexibility index (Phi) is 54.6. The fourth-order valence-electron chi connectivity index (χ4n) is 1.31. The molecule has 142 valence electrons. The molecule has 1 nitrogen and oxygen atoms in total. The van der Waals surface area contributed by atoms with E-state index in [4.69, 9.17) is 0 Å². The van der Waals surface area contributed by atoms with Gasteiger partial charge in [0, 0.05) is 27.3 Å². The fourth-order valence-corrected chi connectivity index (χ4v) is 1.31. The minimum absolute atomic E-state index is 0. The molecule has 0 aliphatic heterocycles. The quantitative estimate of drug-likeness (QED) is 0.365. The van der Waals surface area contributed by atoms with Gasteiger partial charge in [-0.2, -0.15) is 0 Å². The van der Waals surface area contributed by atoms with Gasteiger partial charge in [-0.15, -0.1) is 35.9 Å². The van der Waals surface area contributed by atoms with Crippen molar-refractivity contribution in [1.82, 2.24) is 4.98 Å². The maximum atomic E-state index is 4.32. The molecule has 2 heteroatoms. The first-order valence-corrected chi connectivity index (χ1v) is 6.26. The van der Waals surface area contributed by atoms with E-state index in [0.717, 1.165) is 11.3 Å². The van der Waals surface area contributed by atoms with Crippen molar-refractivity contribution in [3.05, 3.63) is 69.1 Å². The molecule has 0 aliphatic carbocycles. The molecule has 1 aromatic heterocycles. The first-order chi connectivity index (χ1) is 8.38. The van der Waals surface area contributed by atoms with Crippen LogP contribution in [0.15, 0.2) is 42.6 Å². The van der Waals surface area contributed by atoms with Crippen molar-refractivity contribution in [2.24, 2.45) is 0 Å². The summed E-state index contributed by atoms with van der Waals surface area (Å²) in [5.74, 6) is 0. The van der Waals surface area contributed by atoms with Gasteiger partial charge in [0.05, 0.1) is 0 Å². The van der Waals surface area contributed by atoms with Crippen LogP contribution in [0.5, 0.6) is 0 Å². The molecule has 0 amide bonds. The van der Waals surface area contributed by atoms with Crippen LogP contribution in [0, 0.1) is 27.8 Å². The smallest absolute Gasteiger partial charge is 0.0160 e. The third-order valence-corrected chi connectivity index (χ3v) is 1.97. The third kappa shape index (κ3) is 15.7. The number of nitrogens with zero attached hydrogens (tertiary/aromatic N) is 1. The van der Waals surface area contributed by atoms with E-state index < -0.39 is 0 Å². The maximum absolute atomic E-state index is 4.32. The Balaban J connectivity index is -0.0000000478. The molecule has 0 atom stereocenters. The zero-order valence-corrected chi connectivity index (χ0v) is 16.1. The van der Waals surface area contributed by atoms with Gasteiger partial charge in [-0.25, -0.2) is 0 Å². The van der Waals surface area contributed by atoms with Crippen LogP contribution in [0.4, 0.5) is 0 Å². The van der Waals surface area contributed by atoms with E-state index in [1.807, 2.05) is 64.2 Å². The van der Waals surface area contributed by atoms with Crippen LogP contribution in [-0.2, 0) is 21.1 Å². The standard InChI is InChI=1S/C12H10N.2C2H6.3CH4.2CH3.Pt/c1-10-6-5-9-13-12(10)11-7-3-2-4-8-11;2*1-2;;;;;;/h2-7,9H,1H3;2*1-2H3;3*1H4;2*1H3;/q-1;;;;;;2*-1;. The maximum Gasteiger partial charge on any atom is 0.0160 e. The SMILES string of the molecule is C.C.C.CC.CC.Cc1cccnc1-c1[c-]cccc1.[CH3-].[CH3-].[Pt]. The summed E-state index contributed by atoms with van der Waals surface area (Å²) in [5, 5.41) is 0. The summed E-state index contributed by atoms with van der Waals surface area (Å²) in [4.78, 5) is 4.32. The number of benzene rings is 1. The zero-order valence-electron chi connectivity index (χ0n) is 13.8. The first kappa shape index (κ1) is 43.1. The molecule has 2 aromatic rings. The average Bonchev–Trinajstić information content (AvgIpc) is 2.45. The third-order valence-electron chi connectivity index (χ3n) is 1.97. The average molecular weight is 502 g/mol. The first-order valence-electron chi connectivity index (χ1n) is 6.26. The second-order valence-electron chi connectivity index (χ2n) is 2.95. The molecule has 2 rings (SSSR count). The van der Waals surface area contributed by atoms with Crippen LogP contribution in [0.3, 0.4) is 0 Å². The summed E-state index contributed by atoms with van der Waals surface area (Å²) in [6.45, 7) is 10.1. The van der Waals surface area contributed by atoms with Gasteiger partial charge in [0.25, 0.3) is 0 Å². The largest absolute Gasteiger partial charge is 0.358 e. The van der Waals surface area contributed by atoms with Gasteiger partial charge >= 0.3 is 0 Å². The predicted molar refractivity (Wildman–Crippen MR) is 109 cm³/mol. The van der Waals surface area contributed by atoms with Gasteiger partial charge in [-0.3, -0.25) is 0 Å². The molecule has 0 saturated carbocycles. The van der Waals surface area contributed by atoms with Crippen molar-refractivity contribution < 1.29 is 21.1 Å². The number of hydrogen-bond donors (Lipinski definition) is 0. The Labute approximate surface area is 163 Å². The van der Waals surface area contributed by atoms with Crippen molar-refractivity contribution in [3.63, 3.8) is 0 Å². The molecule has 0 aliphatic rings. The monoisotopic (exact) mass is 501 g/mol. The van der Waals surface area contributed by atoms with Crippen LogP contribution in [0.2, 0.25) is 0 Å². The van der Waals surface area contributed by atoms with Crippen molar-refractivity contribution in [2.75, 3.05) is 0 Å². The van der Waals surface area contributed by atoms with Crippen molar-refractivity contribution in [3.8, 4) is 11.3 Å². The minimum atomic E-state index is 0. The van der Waals surface area contributed by atoms with Gasteiger partial charge < -0.3 is 19.8 Å². The number of hydrogen-bond acceptors (Lipinski definition) is 1. The summed E-state index contributed by atoms with van der Waals surface area (Å²) in [6.07, 6.45) is 1.81. The number of aromatic nitrogens is 1. The van der Waals surface area contributed by atoms with Gasteiger partial charge in [-0.1, -0.05) is 61.6 Å². The molecule has 0 bridgehead atoms. The van der Waals surface area contributed by atoms with E-state index in [1.165, 1.54) is 5.56 Å². The van der Waals surface area contributed by atoms with E-state index in [0.29, 0.717) is 0 Å². The van der Waals surface area contributed by atoms with E-state index in [1.54, 1.807) is 0 Å². The Hall–Kier alpha value is -0.942. The fraction of sp³-hybridized carbons (Fsp3) is 0.381. The molecule has 0 N–H and O–H groups in total. The van der Waals surface area contributed by atoms with Crippen LogP contribution >= 0.6 is 0 Å². The number of pyridine rings is 1.